The maximum absolute atomic E-state index is 13.1. The van der Waals surface area contributed by atoms with Crippen molar-refractivity contribution >= 4 is 11.9 Å². The summed E-state index contributed by atoms with van der Waals surface area (Å²) < 4.78 is 71.2. The van der Waals surface area contributed by atoms with Crippen LogP contribution in [0.15, 0.2) is 152 Å². The molecule has 13 heteroatoms. The molecule has 0 radical (unpaired) electrons. The summed E-state index contributed by atoms with van der Waals surface area (Å²) in [5, 5.41) is 0. The van der Waals surface area contributed by atoms with Crippen LogP contribution >= 0.6 is 0 Å². The fraction of sp³-hybridized carbons (Fsp3) is 0.396. The Labute approximate surface area is 387 Å². The number of hydrogen-bond donors (Lipinski definition) is 0. The zero-order valence-electron chi connectivity index (χ0n) is 37.7. The van der Waals surface area contributed by atoms with Crippen LogP contribution < -0.4 is 0 Å². The minimum absolute atomic E-state index is 0.109. The molecule has 7 rings (SSSR count). The Morgan fingerprint density at radius 2 is 0.788 bits per heavy atom. The lowest BCUT2D eigenvalue weighted by atomic mass is 9.93. The van der Waals surface area contributed by atoms with Crippen molar-refractivity contribution in [3.8, 4) is 0 Å². The van der Waals surface area contributed by atoms with E-state index in [1.807, 2.05) is 152 Å². The van der Waals surface area contributed by atoms with Gasteiger partial charge in [0, 0.05) is 21.0 Å². The highest BCUT2D eigenvalue weighted by atomic mass is 16.7. The van der Waals surface area contributed by atoms with Crippen molar-refractivity contribution in [2.45, 2.75) is 108 Å². The summed E-state index contributed by atoms with van der Waals surface area (Å²) in [6.07, 6.45) is -8.67. The maximum Gasteiger partial charge on any atom is 0.303 e. The van der Waals surface area contributed by atoms with Crippen LogP contribution in [0, 0.1) is 0 Å². The van der Waals surface area contributed by atoms with Crippen LogP contribution in [0.5, 0.6) is 0 Å². The van der Waals surface area contributed by atoms with Crippen molar-refractivity contribution in [3.05, 3.63) is 179 Å². The second kappa shape index (κ2) is 25.6. The van der Waals surface area contributed by atoms with Crippen molar-refractivity contribution in [1.82, 2.24) is 0 Å². The van der Waals surface area contributed by atoms with Crippen molar-refractivity contribution in [3.63, 3.8) is 0 Å². The molecule has 0 bridgehead atoms. The second-order valence-electron chi connectivity index (χ2n) is 16.2. The topological polar surface area (TPSA) is 136 Å². The van der Waals surface area contributed by atoms with Crippen molar-refractivity contribution in [2.24, 2.45) is 0 Å². The van der Waals surface area contributed by atoms with Crippen LogP contribution in [0.2, 0.25) is 0 Å². The van der Waals surface area contributed by atoms with Crippen LogP contribution in [0.25, 0.3) is 0 Å². The van der Waals surface area contributed by atoms with E-state index in [1.54, 1.807) is 0 Å². The second-order valence-corrected chi connectivity index (χ2v) is 16.2. The number of ether oxygens (including phenoxy) is 11. The quantitative estimate of drug-likeness (QED) is 0.0598. The highest BCUT2D eigenvalue weighted by Crippen LogP contribution is 2.34. The van der Waals surface area contributed by atoms with E-state index in [-0.39, 0.29) is 46.2 Å². The van der Waals surface area contributed by atoms with Gasteiger partial charge in [0.2, 0.25) is 0 Å². The summed E-state index contributed by atoms with van der Waals surface area (Å²) >= 11 is 0. The molecule has 0 aromatic heterocycles. The Hall–Kier alpha value is -5.32. The molecule has 0 saturated carbocycles. The fourth-order valence-electron chi connectivity index (χ4n) is 8.09. The first-order valence-electron chi connectivity index (χ1n) is 22.3. The maximum atomic E-state index is 13.1. The SMILES string of the molecule is CO[C@H]1O[C@H](COC(C)=O)[C@@H](OC[C@@H]2O[C@H](COCc3ccccc3)[C@@H](OCc3ccccc3)[C@H](OCc3ccccc3)[C@@H]2OC(C)=O)[C@H](OCc2ccccc2)[C@H]1OCc1ccccc1. The monoisotopic (exact) mass is 904 g/mol. The molecule has 350 valence electrons. The van der Waals surface area contributed by atoms with E-state index in [0.717, 1.165) is 27.8 Å². The molecule has 2 aliphatic heterocycles. The summed E-state index contributed by atoms with van der Waals surface area (Å²) in [5.74, 6) is -1.04. The molecule has 13 nitrogen and oxygen atoms in total. The van der Waals surface area contributed by atoms with Crippen LogP contribution in [0.3, 0.4) is 0 Å². The van der Waals surface area contributed by atoms with Gasteiger partial charge in [-0.05, 0) is 27.8 Å². The number of carbonyl (C=O) groups is 2. The fourth-order valence-corrected chi connectivity index (χ4v) is 8.09. The Kier molecular flexibility index (Phi) is 18.8. The van der Waals surface area contributed by atoms with Gasteiger partial charge in [-0.3, -0.25) is 9.59 Å². The molecule has 5 aromatic carbocycles. The van der Waals surface area contributed by atoms with Crippen molar-refractivity contribution in [2.75, 3.05) is 26.9 Å². The van der Waals surface area contributed by atoms with Gasteiger partial charge >= 0.3 is 11.9 Å². The van der Waals surface area contributed by atoms with Gasteiger partial charge in [0.05, 0.1) is 46.2 Å². The molecule has 5 aromatic rings. The first kappa shape index (κ1) is 48.6. The standard InChI is InChI=1S/C53H60O13/c1-37(54)58-35-45-48(51(61-32-42-25-15-7-16-26-42)52(53(56-3)66-45)62-33-43-27-17-8-18-28-43)63-36-46-49(64-38(2)55)50(60-31-41-23-13-6-14-24-41)47(59-30-40-21-11-5-12-22-40)44(65-46)34-57-29-39-19-9-4-10-20-39/h4-28,44-53H,29-36H2,1-3H3/t44-,45-,46+,47-,48-,49-,50+,51+,52-,53+/m1/s1. The molecule has 0 unspecified atom stereocenters. The first-order valence-corrected chi connectivity index (χ1v) is 22.3. The Bertz CT molecular complexity index is 2150. The van der Waals surface area contributed by atoms with Gasteiger partial charge in [0.15, 0.2) is 12.4 Å². The summed E-state index contributed by atoms with van der Waals surface area (Å²) in [7, 11) is 1.52. The summed E-state index contributed by atoms with van der Waals surface area (Å²) in [6, 6.07) is 48.8. The average Bonchev–Trinajstić information content (AvgIpc) is 3.34. The highest BCUT2D eigenvalue weighted by Gasteiger charge is 2.53. The smallest absolute Gasteiger partial charge is 0.303 e. The van der Waals surface area contributed by atoms with Gasteiger partial charge in [-0.2, -0.15) is 0 Å². The lowest BCUT2D eigenvalue weighted by Crippen LogP contribution is -2.64. The van der Waals surface area contributed by atoms with Gasteiger partial charge in [-0.15, -0.1) is 0 Å². The van der Waals surface area contributed by atoms with Gasteiger partial charge in [-0.1, -0.05) is 152 Å². The van der Waals surface area contributed by atoms with E-state index >= 15 is 0 Å². The third kappa shape index (κ3) is 14.3. The predicted molar refractivity (Wildman–Crippen MR) is 242 cm³/mol. The Balaban J connectivity index is 1.22. The molecule has 0 aliphatic carbocycles. The minimum atomic E-state index is -1.02. The molecule has 2 heterocycles. The lowest BCUT2D eigenvalue weighted by molar-refractivity contribution is -0.327. The largest absolute Gasteiger partial charge is 0.463 e. The Morgan fingerprint density at radius 1 is 0.409 bits per heavy atom. The van der Waals surface area contributed by atoms with Gasteiger partial charge in [0.25, 0.3) is 0 Å². The summed E-state index contributed by atoms with van der Waals surface area (Å²) in [5.41, 5.74) is 4.69. The number of esters is 2. The highest BCUT2D eigenvalue weighted by molar-refractivity contribution is 5.66. The Morgan fingerprint density at radius 3 is 1.23 bits per heavy atom. The number of rotatable bonds is 23. The molecule has 0 amide bonds. The summed E-state index contributed by atoms with van der Waals surface area (Å²) in [4.78, 5) is 25.4. The number of benzene rings is 5. The van der Waals surface area contributed by atoms with E-state index in [4.69, 9.17) is 52.1 Å². The number of carbonyl (C=O) groups excluding carboxylic acids is 2. The van der Waals surface area contributed by atoms with Crippen molar-refractivity contribution in [1.29, 1.82) is 0 Å². The molecule has 66 heavy (non-hydrogen) atoms. The van der Waals surface area contributed by atoms with Crippen LogP contribution in [0.1, 0.15) is 41.7 Å². The molecular weight excluding hydrogens is 845 g/mol. The average molecular weight is 905 g/mol. The lowest BCUT2D eigenvalue weighted by Gasteiger charge is -2.48. The molecule has 2 aliphatic rings. The van der Waals surface area contributed by atoms with Gasteiger partial charge in [-0.25, -0.2) is 0 Å². The van der Waals surface area contributed by atoms with Gasteiger partial charge in [0.1, 0.15) is 55.4 Å². The first-order chi connectivity index (χ1) is 32.3. The third-order valence-electron chi connectivity index (χ3n) is 11.3. The van der Waals surface area contributed by atoms with Crippen LogP contribution in [0.4, 0.5) is 0 Å². The molecule has 10 atom stereocenters. The zero-order chi connectivity index (χ0) is 45.9. The molecule has 0 spiro atoms. The van der Waals surface area contributed by atoms with Crippen molar-refractivity contribution < 1.29 is 61.7 Å². The van der Waals surface area contributed by atoms with E-state index in [2.05, 4.69) is 0 Å². The normalized spacial score (nSPS) is 25.2. The van der Waals surface area contributed by atoms with E-state index in [0.29, 0.717) is 6.61 Å². The van der Waals surface area contributed by atoms with E-state index < -0.39 is 73.2 Å². The zero-order valence-corrected chi connectivity index (χ0v) is 37.7. The molecule has 2 saturated heterocycles. The van der Waals surface area contributed by atoms with E-state index in [9.17, 15) is 9.59 Å². The predicted octanol–water partition coefficient (Wildman–Crippen LogP) is 7.56. The third-order valence-corrected chi connectivity index (χ3v) is 11.3. The minimum Gasteiger partial charge on any atom is -0.463 e. The molecule has 2 fully saturated rings. The summed E-state index contributed by atoms with van der Waals surface area (Å²) in [6.45, 7) is 3.60. The number of hydrogen-bond acceptors (Lipinski definition) is 13. The van der Waals surface area contributed by atoms with Gasteiger partial charge < -0.3 is 52.1 Å². The van der Waals surface area contributed by atoms with Crippen LogP contribution in [-0.2, 0) is 94.7 Å². The van der Waals surface area contributed by atoms with Crippen LogP contribution in [-0.4, -0.2) is 100 Å². The number of methoxy groups -OCH3 is 1. The molecule has 0 N–H and O–H groups in total. The molecular formula is C53H60O13. The van der Waals surface area contributed by atoms with E-state index in [1.165, 1.54) is 21.0 Å².